The summed E-state index contributed by atoms with van der Waals surface area (Å²) < 4.78 is 1.44. The van der Waals surface area contributed by atoms with Gasteiger partial charge in [0.2, 0.25) is 0 Å². The maximum atomic E-state index is 3.50. The second kappa shape index (κ2) is 5.62. The van der Waals surface area contributed by atoms with Gasteiger partial charge in [-0.25, -0.2) is 0 Å². The standard InChI is InChI=1S/C19H28SeSi/c1-18(2)10-11-19(3,4)17-14-15(8-9-16(17)18)20-12-13-21(5,6)7/h8-9,14H,10-11H2,1-7H3. The summed E-state index contributed by atoms with van der Waals surface area (Å²) in [6, 6.07) is 7.15. The van der Waals surface area contributed by atoms with Gasteiger partial charge in [-0.05, 0) is 0 Å². The Labute approximate surface area is 138 Å². The van der Waals surface area contributed by atoms with Crippen molar-refractivity contribution >= 4 is 27.5 Å². The average Bonchev–Trinajstić information content (AvgIpc) is 2.34. The van der Waals surface area contributed by atoms with Gasteiger partial charge in [0.1, 0.15) is 0 Å². The van der Waals surface area contributed by atoms with Crippen LogP contribution in [0.25, 0.3) is 0 Å². The molecule has 1 aromatic rings. The molecule has 0 nitrogen and oxygen atoms in total. The summed E-state index contributed by atoms with van der Waals surface area (Å²) in [5, 5.41) is 0. The van der Waals surface area contributed by atoms with Crippen molar-refractivity contribution in [1.82, 2.24) is 0 Å². The van der Waals surface area contributed by atoms with Gasteiger partial charge in [0.25, 0.3) is 0 Å². The van der Waals surface area contributed by atoms with E-state index in [4.69, 9.17) is 0 Å². The topological polar surface area (TPSA) is 0 Å². The number of benzene rings is 1. The minimum atomic E-state index is -1.24. The third-order valence-electron chi connectivity index (χ3n) is 4.42. The summed E-state index contributed by atoms with van der Waals surface area (Å²) in [5.74, 6) is 0. The van der Waals surface area contributed by atoms with Crippen LogP contribution in [0.3, 0.4) is 0 Å². The summed E-state index contributed by atoms with van der Waals surface area (Å²) in [5.41, 5.74) is 7.25. The molecule has 0 amide bonds. The number of rotatable bonds is 1. The van der Waals surface area contributed by atoms with Gasteiger partial charge in [-0.1, -0.05) is 0 Å². The molecule has 0 aromatic heterocycles. The normalized spacial score (nSPS) is 19.4. The van der Waals surface area contributed by atoms with Crippen molar-refractivity contribution < 1.29 is 0 Å². The molecule has 2 rings (SSSR count). The Morgan fingerprint density at radius 2 is 1.52 bits per heavy atom. The number of fused-ring (bicyclic) bond motifs is 1. The first kappa shape index (κ1) is 16.9. The van der Waals surface area contributed by atoms with E-state index in [0.717, 1.165) is 0 Å². The van der Waals surface area contributed by atoms with E-state index >= 15 is 0 Å². The molecule has 0 fully saturated rings. The molecular formula is C19H28SeSi. The molecule has 0 radical (unpaired) electrons. The Balaban J connectivity index is 2.35. The summed E-state index contributed by atoms with van der Waals surface area (Å²) in [7, 11) is -1.24. The summed E-state index contributed by atoms with van der Waals surface area (Å²) in [6.45, 7) is 16.5. The quantitative estimate of drug-likeness (QED) is 0.518. The predicted octanol–water partition coefficient (Wildman–Crippen LogP) is 4.20. The molecule has 0 heterocycles. The first-order valence-corrected chi connectivity index (χ1v) is 13.1. The van der Waals surface area contributed by atoms with Crippen LogP contribution >= 0.6 is 0 Å². The first-order valence-electron chi connectivity index (χ1n) is 7.85. The van der Waals surface area contributed by atoms with Crippen LogP contribution < -0.4 is 4.46 Å². The second-order valence-electron chi connectivity index (χ2n) is 8.55. The van der Waals surface area contributed by atoms with Crippen LogP contribution in [0.15, 0.2) is 18.2 Å². The molecule has 114 valence electrons. The zero-order valence-electron chi connectivity index (χ0n) is 14.6. The van der Waals surface area contributed by atoms with Crippen LogP contribution in [-0.4, -0.2) is 23.0 Å². The van der Waals surface area contributed by atoms with Crippen LogP contribution in [0, 0.1) is 10.4 Å². The molecule has 2 heteroatoms. The van der Waals surface area contributed by atoms with E-state index in [9.17, 15) is 0 Å². The molecule has 0 N–H and O–H groups in total. The zero-order valence-corrected chi connectivity index (χ0v) is 17.3. The Kier molecular flexibility index (Phi) is 4.51. The minimum absolute atomic E-state index is 0.299. The molecule has 0 spiro atoms. The SMILES string of the molecule is CC1(C)CCC(C)(C)c2cc([Se]C#C[Si](C)(C)C)ccc21. The average molecular weight is 363 g/mol. The van der Waals surface area contributed by atoms with Crippen LogP contribution in [0.5, 0.6) is 0 Å². The summed E-state index contributed by atoms with van der Waals surface area (Å²) >= 11 is 0.299. The van der Waals surface area contributed by atoms with Crippen molar-refractivity contribution in [1.29, 1.82) is 0 Å². The van der Waals surface area contributed by atoms with Gasteiger partial charge in [-0.3, -0.25) is 0 Å². The van der Waals surface area contributed by atoms with Crippen molar-refractivity contribution in [2.75, 3.05) is 0 Å². The van der Waals surface area contributed by atoms with E-state index in [1.165, 1.54) is 17.3 Å². The molecule has 1 aliphatic rings. The van der Waals surface area contributed by atoms with E-state index in [-0.39, 0.29) is 0 Å². The summed E-state index contributed by atoms with van der Waals surface area (Å²) in [6.07, 6.45) is 2.57. The van der Waals surface area contributed by atoms with Gasteiger partial charge in [0, 0.05) is 0 Å². The van der Waals surface area contributed by atoms with Gasteiger partial charge < -0.3 is 0 Å². The monoisotopic (exact) mass is 364 g/mol. The number of hydrogen-bond donors (Lipinski definition) is 0. The van der Waals surface area contributed by atoms with Crippen molar-refractivity contribution in [2.24, 2.45) is 0 Å². The molecular weight excluding hydrogens is 335 g/mol. The third kappa shape index (κ3) is 4.04. The fourth-order valence-electron chi connectivity index (χ4n) is 2.87. The number of hydrogen-bond acceptors (Lipinski definition) is 0. The second-order valence-corrected chi connectivity index (χ2v) is 15.1. The Morgan fingerprint density at radius 1 is 0.952 bits per heavy atom. The third-order valence-corrected chi connectivity index (χ3v) is 7.16. The Hall–Kier alpha value is -0.484. The molecule has 0 bridgehead atoms. The molecule has 0 unspecified atom stereocenters. The molecule has 0 saturated heterocycles. The molecule has 21 heavy (non-hydrogen) atoms. The molecule has 1 aliphatic carbocycles. The fourth-order valence-corrected chi connectivity index (χ4v) is 6.38. The van der Waals surface area contributed by atoms with E-state index in [1.54, 1.807) is 11.1 Å². The first-order chi connectivity index (χ1) is 9.51. The van der Waals surface area contributed by atoms with Crippen molar-refractivity contribution in [3.63, 3.8) is 0 Å². The summed E-state index contributed by atoms with van der Waals surface area (Å²) in [4.78, 5) is 3.47. The van der Waals surface area contributed by atoms with Gasteiger partial charge in [-0.2, -0.15) is 0 Å². The van der Waals surface area contributed by atoms with Crippen LogP contribution in [-0.2, 0) is 10.8 Å². The van der Waals surface area contributed by atoms with Gasteiger partial charge in [0.05, 0.1) is 0 Å². The van der Waals surface area contributed by atoms with Gasteiger partial charge in [-0.15, -0.1) is 0 Å². The van der Waals surface area contributed by atoms with Crippen molar-refractivity contribution in [2.45, 2.75) is 71.0 Å². The molecule has 1 aromatic carbocycles. The fraction of sp³-hybridized carbons (Fsp3) is 0.579. The Morgan fingerprint density at radius 3 is 2.10 bits per heavy atom. The molecule has 0 aliphatic heterocycles. The van der Waals surface area contributed by atoms with Crippen LogP contribution in [0.2, 0.25) is 19.6 Å². The van der Waals surface area contributed by atoms with E-state index in [2.05, 4.69) is 75.9 Å². The Bertz CT molecular complexity index is 594. The zero-order chi connectivity index (χ0) is 15.9. The van der Waals surface area contributed by atoms with Crippen LogP contribution in [0.4, 0.5) is 0 Å². The van der Waals surface area contributed by atoms with E-state index in [1.807, 2.05) is 0 Å². The van der Waals surface area contributed by atoms with Crippen molar-refractivity contribution in [3.05, 3.63) is 29.3 Å². The van der Waals surface area contributed by atoms with E-state index in [0.29, 0.717) is 25.8 Å². The van der Waals surface area contributed by atoms with Gasteiger partial charge >= 0.3 is 138 Å². The van der Waals surface area contributed by atoms with E-state index < -0.39 is 8.07 Å². The van der Waals surface area contributed by atoms with Crippen LogP contribution in [0.1, 0.15) is 51.7 Å². The maximum absolute atomic E-state index is 3.50. The predicted molar refractivity (Wildman–Crippen MR) is 98.2 cm³/mol. The molecule has 0 saturated carbocycles. The molecule has 0 atom stereocenters. The van der Waals surface area contributed by atoms with Crippen molar-refractivity contribution in [3.8, 4) is 10.4 Å². The van der Waals surface area contributed by atoms with Gasteiger partial charge in [0.15, 0.2) is 0 Å².